The maximum Gasteiger partial charge on any atom is 0.322 e. The van der Waals surface area contributed by atoms with E-state index in [1.165, 1.54) is 6.92 Å². The van der Waals surface area contributed by atoms with Gasteiger partial charge < -0.3 is 35.6 Å². The molecule has 0 aromatic carbocycles. The van der Waals surface area contributed by atoms with Crippen molar-refractivity contribution >= 4 is 5.97 Å². The third kappa shape index (κ3) is 3.35. The summed E-state index contributed by atoms with van der Waals surface area (Å²) in [5.74, 6) is -1.25. The lowest BCUT2D eigenvalue weighted by Gasteiger charge is -2.39. The zero-order valence-electron chi connectivity index (χ0n) is 9.26. The largest absolute Gasteiger partial charge is 0.480 e. The number of nitrogens with two attached hydrogens (primary N) is 1. The molecular weight excluding hydrogens is 234 g/mol. The van der Waals surface area contributed by atoms with E-state index in [0.717, 1.165) is 0 Å². The average molecular weight is 251 g/mol. The Morgan fingerprint density at radius 1 is 1.35 bits per heavy atom. The molecule has 0 aromatic heterocycles. The van der Waals surface area contributed by atoms with Gasteiger partial charge in [-0.15, -0.1) is 0 Å². The molecule has 1 rings (SSSR count). The summed E-state index contributed by atoms with van der Waals surface area (Å²) in [7, 11) is 0. The highest BCUT2D eigenvalue weighted by Crippen LogP contribution is 2.21. The van der Waals surface area contributed by atoms with Gasteiger partial charge in [0.05, 0.1) is 12.7 Å². The van der Waals surface area contributed by atoms with Gasteiger partial charge in [0, 0.05) is 0 Å². The number of carboxylic acids is 1. The molecule has 0 bridgehead atoms. The molecule has 0 spiro atoms. The van der Waals surface area contributed by atoms with Gasteiger partial charge in [0.25, 0.3) is 0 Å². The summed E-state index contributed by atoms with van der Waals surface area (Å²) in [6.07, 6.45) is -6.04. The van der Waals surface area contributed by atoms with Crippen LogP contribution in [0.15, 0.2) is 0 Å². The molecule has 0 radical (unpaired) electrons. The van der Waals surface area contributed by atoms with Crippen molar-refractivity contribution < 1.29 is 34.7 Å². The third-order valence-corrected chi connectivity index (χ3v) is 2.57. The SMILES string of the molecule is C[C@@H]1O[C@@H](OC[C@H](N)C(=O)O)[C@@H](O)[C@H](O)[C@@H]1O. The molecule has 1 aliphatic heterocycles. The van der Waals surface area contributed by atoms with E-state index in [4.69, 9.17) is 20.3 Å². The standard InChI is InChI=1S/C9H17NO7/c1-3-5(11)6(12)7(13)9(17-3)16-2-4(10)8(14)15/h3-7,9,11-13H,2,10H2,1H3,(H,14,15)/t3-,4-,5+,6+,7-,9+/m0/s1. The topological polar surface area (TPSA) is 142 Å². The predicted molar refractivity (Wildman–Crippen MR) is 53.9 cm³/mol. The molecule has 8 heteroatoms. The van der Waals surface area contributed by atoms with Crippen molar-refractivity contribution in [2.45, 2.75) is 43.7 Å². The van der Waals surface area contributed by atoms with Crippen LogP contribution in [-0.4, -0.2) is 69.8 Å². The Kier molecular flexibility index (Phi) is 4.80. The van der Waals surface area contributed by atoms with Crippen molar-refractivity contribution in [2.75, 3.05) is 6.61 Å². The van der Waals surface area contributed by atoms with Gasteiger partial charge in [0.2, 0.25) is 0 Å². The number of carboxylic acid groups (broad SMARTS) is 1. The monoisotopic (exact) mass is 251 g/mol. The van der Waals surface area contributed by atoms with Crippen LogP contribution in [0.3, 0.4) is 0 Å². The molecule has 1 saturated heterocycles. The second kappa shape index (κ2) is 5.71. The van der Waals surface area contributed by atoms with E-state index in [9.17, 15) is 20.1 Å². The van der Waals surface area contributed by atoms with E-state index >= 15 is 0 Å². The van der Waals surface area contributed by atoms with E-state index in [2.05, 4.69) is 0 Å². The van der Waals surface area contributed by atoms with Gasteiger partial charge in [-0.25, -0.2) is 0 Å². The molecule has 100 valence electrons. The number of rotatable bonds is 4. The van der Waals surface area contributed by atoms with Crippen LogP contribution in [0.4, 0.5) is 0 Å². The first-order valence-corrected chi connectivity index (χ1v) is 5.14. The zero-order chi connectivity index (χ0) is 13.2. The van der Waals surface area contributed by atoms with Crippen LogP contribution in [0.1, 0.15) is 6.92 Å². The zero-order valence-corrected chi connectivity index (χ0v) is 9.26. The molecule has 1 heterocycles. The first kappa shape index (κ1) is 14.3. The molecule has 0 unspecified atom stereocenters. The second-order valence-electron chi connectivity index (χ2n) is 3.96. The Hall–Kier alpha value is -0.770. The number of ether oxygens (including phenoxy) is 2. The Labute approximate surface area is 97.6 Å². The fraction of sp³-hybridized carbons (Fsp3) is 0.889. The number of aliphatic hydroxyl groups is 3. The van der Waals surface area contributed by atoms with Crippen LogP contribution < -0.4 is 5.73 Å². The van der Waals surface area contributed by atoms with Crippen molar-refractivity contribution in [2.24, 2.45) is 5.73 Å². The molecule has 0 amide bonds. The highest BCUT2D eigenvalue weighted by molar-refractivity contribution is 5.73. The molecule has 0 aliphatic carbocycles. The summed E-state index contributed by atoms with van der Waals surface area (Å²) in [6, 6.07) is -1.25. The normalized spacial score (nSPS) is 39.9. The Morgan fingerprint density at radius 3 is 2.47 bits per heavy atom. The van der Waals surface area contributed by atoms with Crippen molar-refractivity contribution in [3.8, 4) is 0 Å². The first-order valence-electron chi connectivity index (χ1n) is 5.14. The van der Waals surface area contributed by atoms with Gasteiger partial charge in [-0.05, 0) is 6.92 Å². The highest BCUT2D eigenvalue weighted by Gasteiger charge is 2.42. The maximum absolute atomic E-state index is 10.4. The quantitative estimate of drug-likeness (QED) is 0.361. The minimum Gasteiger partial charge on any atom is -0.480 e. The first-order chi connectivity index (χ1) is 7.84. The van der Waals surface area contributed by atoms with Gasteiger partial charge in [0.1, 0.15) is 24.4 Å². The average Bonchev–Trinajstić information content (AvgIpc) is 2.28. The number of aliphatic carboxylic acids is 1. The summed E-state index contributed by atoms with van der Waals surface area (Å²) in [6.45, 7) is 1.12. The number of hydrogen-bond donors (Lipinski definition) is 5. The fourth-order valence-electron chi connectivity index (χ4n) is 1.42. The van der Waals surface area contributed by atoms with Crippen LogP contribution in [-0.2, 0) is 14.3 Å². The van der Waals surface area contributed by atoms with Crippen molar-refractivity contribution in [1.82, 2.24) is 0 Å². The smallest absolute Gasteiger partial charge is 0.322 e. The van der Waals surface area contributed by atoms with E-state index in [1.54, 1.807) is 0 Å². The molecular formula is C9H17NO7. The van der Waals surface area contributed by atoms with Crippen LogP contribution >= 0.6 is 0 Å². The third-order valence-electron chi connectivity index (χ3n) is 2.57. The minimum absolute atomic E-state index is 0.368. The van der Waals surface area contributed by atoms with Crippen LogP contribution in [0.5, 0.6) is 0 Å². The summed E-state index contributed by atoms with van der Waals surface area (Å²) in [5.41, 5.74) is 5.20. The molecule has 1 aliphatic rings. The molecule has 6 N–H and O–H groups in total. The summed E-state index contributed by atoms with van der Waals surface area (Å²) < 4.78 is 10.0. The number of hydrogen-bond acceptors (Lipinski definition) is 7. The van der Waals surface area contributed by atoms with Crippen LogP contribution in [0, 0.1) is 0 Å². The van der Waals surface area contributed by atoms with Crippen LogP contribution in [0.2, 0.25) is 0 Å². The maximum atomic E-state index is 10.4. The van der Waals surface area contributed by atoms with Gasteiger partial charge in [-0.2, -0.15) is 0 Å². The fourth-order valence-corrected chi connectivity index (χ4v) is 1.42. The van der Waals surface area contributed by atoms with Crippen molar-refractivity contribution in [3.05, 3.63) is 0 Å². The molecule has 8 nitrogen and oxygen atoms in total. The Bertz CT molecular complexity index is 274. The minimum atomic E-state index is -1.46. The predicted octanol–water partition coefficient (Wildman–Crippen LogP) is -2.76. The second-order valence-corrected chi connectivity index (χ2v) is 3.96. The van der Waals surface area contributed by atoms with Crippen molar-refractivity contribution in [1.29, 1.82) is 0 Å². The van der Waals surface area contributed by atoms with Crippen LogP contribution in [0.25, 0.3) is 0 Å². The Balaban J connectivity index is 2.51. The summed E-state index contributed by atoms with van der Waals surface area (Å²) in [5, 5.41) is 36.9. The number of carbonyl (C=O) groups is 1. The van der Waals surface area contributed by atoms with E-state index in [1.807, 2.05) is 0 Å². The van der Waals surface area contributed by atoms with Gasteiger partial charge in [0.15, 0.2) is 6.29 Å². The molecule has 0 saturated carbocycles. The molecule has 0 aromatic rings. The molecule has 1 fully saturated rings. The summed E-state index contributed by atoms with van der Waals surface area (Å²) >= 11 is 0. The van der Waals surface area contributed by atoms with Gasteiger partial charge >= 0.3 is 5.97 Å². The number of aliphatic hydroxyl groups excluding tert-OH is 3. The van der Waals surface area contributed by atoms with E-state index < -0.39 is 42.7 Å². The van der Waals surface area contributed by atoms with E-state index in [-0.39, 0.29) is 6.61 Å². The van der Waals surface area contributed by atoms with Gasteiger partial charge in [-0.3, -0.25) is 4.79 Å². The summed E-state index contributed by atoms with van der Waals surface area (Å²) in [4.78, 5) is 10.4. The van der Waals surface area contributed by atoms with Gasteiger partial charge in [-0.1, -0.05) is 0 Å². The van der Waals surface area contributed by atoms with Crippen molar-refractivity contribution in [3.63, 3.8) is 0 Å². The lowest BCUT2D eigenvalue weighted by Crippen LogP contribution is -2.57. The molecule has 17 heavy (non-hydrogen) atoms. The highest BCUT2D eigenvalue weighted by atomic mass is 16.7. The molecule has 6 atom stereocenters. The lowest BCUT2D eigenvalue weighted by atomic mass is 10.0. The lowest BCUT2D eigenvalue weighted by molar-refractivity contribution is -0.293. The Morgan fingerprint density at radius 2 is 1.94 bits per heavy atom. The van der Waals surface area contributed by atoms with E-state index in [0.29, 0.717) is 0 Å².